The van der Waals surface area contributed by atoms with Gasteiger partial charge in [-0.1, -0.05) is 23.4 Å². The van der Waals surface area contributed by atoms with Crippen molar-refractivity contribution >= 4 is 33.2 Å². The lowest BCUT2D eigenvalue weighted by Crippen LogP contribution is -2.45. The number of rotatable bonds is 6. The largest absolute Gasteiger partial charge is 0.344 e. The minimum absolute atomic E-state index is 0.0247. The second-order valence-corrected chi connectivity index (χ2v) is 9.33. The van der Waals surface area contributed by atoms with Crippen molar-refractivity contribution in [1.82, 2.24) is 19.9 Å². The molecule has 2 aromatic heterocycles. The first-order valence-electron chi connectivity index (χ1n) is 10.7. The summed E-state index contributed by atoms with van der Waals surface area (Å²) in [6.07, 6.45) is 4.56. The topological polar surface area (TPSA) is 79.5 Å². The van der Waals surface area contributed by atoms with Gasteiger partial charge in [-0.25, -0.2) is 0 Å². The third-order valence-electron chi connectivity index (χ3n) is 5.81. The second kappa shape index (κ2) is 9.18. The number of nitrogens with zero attached hydrogens (tertiary/aromatic N) is 4. The third kappa shape index (κ3) is 4.63. The Morgan fingerprint density at radius 3 is 2.81 bits per heavy atom. The van der Waals surface area contributed by atoms with E-state index >= 15 is 0 Å². The molecular formula is C23H28N4O3S. The molecule has 1 aliphatic rings. The molecule has 0 radical (unpaired) electrons. The van der Waals surface area contributed by atoms with Crippen LogP contribution in [-0.4, -0.2) is 58.4 Å². The number of aromatic nitrogens is 2. The number of aryl methyl sites for hydroxylation is 2. The average Bonchev–Trinajstić information content (AvgIpc) is 3.35. The zero-order valence-corrected chi connectivity index (χ0v) is 19.1. The maximum Gasteiger partial charge on any atom is 0.263 e. The Bertz CT molecular complexity index is 1090. The van der Waals surface area contributed by atoms with Crippen molar-refractivity contribution < 1.29 is 14.1 Å². The maximum atomic E-state index is 13.1. The van der Waals surface area contributed by atoms with Gasteiger partial charge in [0, 0.05) is 44.2 Å². The molecule has 1 aliphatic heterocycles. The van der Waals surface area contributed by atoms with Gasteiger partial charge in [-0.3, -0.25) is 9.59 Å². The summed E-state index contributed by atoms with van der Waals surface area (Å²) in [5.41, 5.74) is 1.07. The molecule has 1 aromatic carbocycles. The highest BCUT2D eigenvalue weighted by atomic mass is 32.1. The average molecular weight is 441 g/mol. The van der Waals surface area contributed by atoms with Crippen LogP contribution in [0.25, 0.3) is 10.1 Å². The number of piperidine rings is 1. The first-order valence-corrected chi connectivity index (χ1v) is 11.6. The SMILES string of the molecule is Cc1noc(CCC(=O)N2CCCCC2Cc2c(C(=O)N(C)C)sc3ccccc23)n1. The summed E-state index contributed by atoms with van der Waals surface area (Å²) in [5.74, 6) is 1.22. The van der Waals surface area contributed by atoms with Crippen molar-refractivity contribution in [2.24, 2.45) is 0 Å². The number of amides is 2. The van der Waals surface area contributed by atoms with Crippen molar-refractivity contribution in [1.29, 1.82) is 0 Å². The number of likely N-dealkylation sites (tertiary alicyclic amines) is 1. The Morgan fingerprint density at radius 1 is 1.26 bits per heavy atom. The molecule has 7 nitrogen and oxygen atoms in total. The van der Waals surface area contributed by atoms with E-state index in [4.69, 9.17) is 4.52 Å². The smallest absolute Gasteiger partial charge is 0.263 e. The molecule has 0 saturated carbocycles. The lowest BCUT2D eigenvalue weighted by atomic mass is 9.93. The van der Waals surface area contributed by atoms with Gasteiger partial charge < -0.3 is 14.3 Å². The van der Waals surface area contributed by atoms with Gasteiger partial charge in [0.05, 0.1) is 4.88 Å². The molecule has 0 spiro atoms. The minimum atomic E-state index is 0.0247. The summed E-state index contributed by atoms with van der Waals surface area (Å²) in [6.45, 7) is 2.53. The summed E-state index contributed by atoms with van der Waals surface area (Å²) < 4.78 is 6.27. The number of hydrogen-bond donors (Lipinski definition) is 0. The molecule has 1 unspecified atom stereocenters. The minimum Gasteiger partial charge on any atom is -0.344 e. The van der Waals surface area contributed by atoms with Gasteiger partial charge in [0.2, 0.25) is 11.8 Å². The second-order valence-electron chi connectivity index (χ2n) is 8.28. The third-order valence-corrected chi connectivity index (χ3v) is 7.01. The Balaban J connectivity index is 1.56. The fourth-order valence-corrected chi connectivity index (χ4v) is 5.51. The van der Waals surface area contributed by atoms with E-state index in [0.29, 0.717) is 31.0 Å². The van der Waals surface area contributed by atoms with E-state index in [-0.39, 0.29) is 17.9 Å². The Morgan fingerprint density at radius 2 is 2.06 bits per heavy atom. The molecule has 1 atom stereocenters. The van der Waals surface area contributed by atoms with Crippen LogP contribution in [0, 0.1) is 6.92 Å². The van der Waals surface area contributed by atoms with Crippen LogP contribution in [0.2, 0.25) is 0 Å². The first kappa shape index (κ1) is 21.5. The van der Waals surface area contributed by atoms with E-state index < -0.39 is 0 Å². The number of carbonyl (C=O) groups excluding carboxylic acids is 2. The Labute approximate surface area is 186 Å². The van der Waals surface area contributed by atoms with Crippen LogP contribution in [0.4, 0.5) is 0 Å². The van der Waals surface area contributed by atoms with Gasteiger partial charge >= 0.3 is 0 Å². The zero-order valence-electron chi connectivity index (χ0n) is 18.3. The summed E-state index contributed by atoms with van der Waals surface area (Å²) in [5, 5.41) is 4.92. The highest BCUT2D eigenvalue weighted by Crippen LogP contribution is 2.35. The van der Waals surface area contributed by atoms with Gasteiger partial charge in [-0.15, -0.1) is 11.3 Å². The summed E-state index contributed by atoms with van der Waals surface area (Å²) in [4.78, 5) is 34.6. The molecule has 2 amide bonds. The normalized spacial score (nSPS) is 16.6. The van der Waals surface area contributed by atoms with Gasteiger partial charge in [0.15, 0.2) is 5.82 Å². The predicted molar refractivity (Wildman–Crippen MR) is 120 cm³/mol. The van der Waals surface area contributed by atoms with Crippen LogP contribution in [0.1, 0.15) is 52.6 Å². The first-order chi connectivity index (χ1) is 14.9. The van der Waals surface area contributed by atoms with E-state index in [9.17, 15) is 9.59 Å². The zero-order chi connectivity index (χ0) is 22.0. The van der Waals surface area contributed by atoms with Gasteiger partial charge in [0.1, 0.15) is 0 Å². The molecule has 8 heteroatoms. The van der Waals surface area contributed by atoms with Crippen LogP contribution in [0.5, 0.6) is 0 Å². The molecule has 3 aromatic rings. The van der Waals surface area contributed by atoms with Gasteiger partial charge in [-0.2, -0.15) is 4.98 Å². The van der Waals surface area contributed by atoms with Crippen molar-refractivity contribution in [2.75, 3.05) is 20.6 Å². The van der Waals surface area contributed by atoms with Crippen molar-refractivity contribution in [3.63, 3.8) is 0 Å². The van der Waals surface area contributed by atoms with E-state index in [1.165, 1.54) is 0 Å². The van der Waals surface area contributed by atoms with Crippen LogP contribution in [0.3, 0.4) is 0 Å². The van der Waals surface area contributed by atoms with E-state index in [0.717, 1.165) is 46.3 Å². The monoisotopic (exact) mass is 440 g/mol. The van der Waals surface area contributed by atoms with E-state index in [1.54, 1.807) is 37.3 Å². The lowest BCUT2D eigenvalue weighted by molar-refractivity contribution is -0.134. The van der Waals surface area contributed by atoms with Crippen LogP contribution >= 0.6 is 11.3 Å². The maximum absolute atomic E-state index is 13.1. The molecule has 0 bridgehead atoms. The van der Waals surface area contributed by atoms with Crippen LogP contribution < -0.4 is 0 Å². The highest BCUT2D eigenvalue weighted by molar-refractivity contribution is 7.21. The molecule has 31 heavy (non-hydrogen) atoms. The van der Waals surface area contributed by atoms with Crippen LogP contribution in [0.15, 0.2) is 28.8 Å². The number of thiophene rings is 1. The lowest BCUT2D eigenvalue weighted by Gasteiger charge is -2.36. The van der Waals surface area contributed by atoms with Gasteiger partial charge in [-0.05, 0) is 49.6 Å². The fraction of sp³-hybridized carbons (Fsp3) is 0.478. The summed E-state index contributed by atoms with van der Waals surface area (Å²) in [7, 11) is 3.57. The molecule has 1 saturated heterocycles. The Kier molecular flexibility index (Phi) is 6.36. The quantitative estimate of drug-likeness (QED) is 0.582. The summed E-state index contributed by atoms with van der Waals surface area (Å²) >= 11 is 1.55. The van der Waals surface area contributed by atoms with E-state index in [1.807, 2.05) is 17.0 Å². The number of hydrogen-bond acceptors (Lipinski definition) is 6. The van der Waals surface area contributed by atoms with Crippen molar-refractivity contribution in [3.8, 4) is 0 Å². The van der Waals surface area contributed by atoms with Crippen molar-refractivity contribution in [2.45, 2.75) is 51.5 Å². The summed E-state index contributed by atoms with van der Waals surface area (Å²) in [6, 6.07) is 8.25. The number of carbonyl (C=O) groups is 2. The predicted octanol–water partition coefficient (Wildman–Crippen LogP) is 3.85. The van der Waals surface area contributed by atoms with Gasteiger partial charge in [0.25, 0.3) is 5.91 Å². The van der Waals surface area contributed by atoms with Crippen molar-refractivity contribution in [3.05, 3.63) is 46.4 Å². The van der Waals surface area contributed by atoms with E-state index in [2.05, 4.69) is 22.3 Å². The molecule has 0 N–H and O–H groups in total. The fourth-order valence-electron chi connectivity index (χ4n) is 4.25. The Hall–Kier alpha value is -2.74. The number of fused-ring (bicyclic) bond motifs is 1. The standard InChI is InChI=1S/C23H28N4O3S/c1-15-24-20(30-25-15)11-12-21(28)27-13-7-6-8-16(27)14-18-17-9-4-5-10-19(17)31-22(18)23(29)26(2)3/h4-5,9-10,16H,6-8,11-14H2,1-3H3. The number of benzene rings is 1. The molecule has 1 fully saturated rings. The molecule has 164 valence electrons. The molecule has 3 heterocycles. The molecule has 0 aliphatic carbocycles. The highest BCUT2D eigenvalue weighted by Gasteiger charge is 2.30. The van der Waals surface area contributed by atoms with Crippen LogP contribution in [-0.2, 0) is 17.6 Å². The molecular weight excluding hydrogens is 412 g/mol. The molecule has 4 rings (SSSR count).